The van der Waals surface area contributed by atoms with Crippen LogP contribution in [0.3, 0.4) is 0 Å². The summed E-state index contributed by atoms with van der Waals surface area (Å²) in [6.07, 6.45) is 0. The summed E-state index contributed by atoms with van der Waals surface area (Å²) < 4.78 is 9.95. The van der Waals surface area contributed by atoms with E-state index in [1.165, 1.54) is 11.8 Å². The molecule has 0 radical (unpaired) electrons. The molecule has 0 saturated heterocycles. The van der Waals surface area contributed by atoms with Crippen LogP contribution in [-0.4, -0.2) is 48.6 Å². The fourth-order valence-corrected chi connectivity index (χ4v) is 2.50. The van der Waals surface area contributed by atoms with E-state index in [9.17, 15) is 4.79 Å². The number of para-hydroxylation sites is 1. The summed E-state index contributed by atoms with van der Waals surface area (Å²) in [6.45, 7) is 3.40. The molecule has 0 spiro atoms. The number of aromatic nitrogens is 2. The molecule has 1 heterocycles. The van der Waals surface area contributed by atoms with Gasteiger partial charge in [0.1, 0.15) is 5.82 Å². The Balaban J connectivity index is 2.18. The fourth-order valence-electron chi connectivity index (χ4n) is 1.85. The molecule has 1 aromatic heterocycles. The van der Waals surface area contributed by atoms with E-state index in [0.717, 1.165) is 16.7 Å². The predicted octanol–water partition coefficient (Wildman–Crippen LogP) is 2.34. The molecule has 1 aromatic carbocycles. The van der Waals surface area contributed by atoms with E-state index < -0.39 is 0 Å². The second-order valence-electron chi connectivity index (χ2n) is 4.39. The van der Waals surface area contributed by atoms with Crippen LogP contribution in [0.2, 0.25) is 0 Å². The van der Waals surface area contributed by atoms with Crippen molar-refractivity contribution in [3.05, 3.63) is 24.3 Å². The number of methoxy groups -OCH3 is 1. The van der Waals surface area contributed by atoms with Gasteiger partial charge in [-0.1, -0.05) is 23.9 Å². The van der Waals surface area contributed by atoms with Crippen molar-refractivity contribution in [3.8, 4) is 0 Å². The first-order valence-corrected chi connectivity index (χ1v) is 8.01. The second kappa shape index (κ2) is 8.55. The zero-order valence-electron chi connectivity index (χ0n) is 12.7. The largest absolute Gasteiger partial charge is 0.465 e. The van der Waals surface area contributed by atoms with E-state index in [1.54, 1.807) is 14.0 Å². The number of thioether (sulfide) groups is 1. The number of esters is 1. The molecular weight excluding hydrogens is 302 g/mol. The lowest BCUT2D eigenvalue weighted by atomic mass is 10.2. The molecule has 0 unspecified atom stereocenters. The molecule has 2 rings (SSSR count). The van der Waals surface area contributed by atoms with Gasteiger partial charge < -0.3 is 14.8 Å². The van der Waals surface area contributed by atoms with E-state index in [1.807, 2.05) is 24.3 Å². The van der Waals surface area contributed by atoms with Crippen LogP contribution in [0.4, 0.5) is 5.82 Å². The van der Waals surface area contributed by atoms with Crippen LogP contribution in [0.1, 0.15) is 6.92 Å². The molecule has 1 N–H and O–H groups in total. The number of carbonyl (C=O) groups is 1. The Kier molecular flexibility index (Phi) is 6.42. The molecule has 0 aliphatic carbocycles. The van der Waals surface area contributed by atoms with Gasteiger partial charge in [-0.05, 0) is 19.1 Å². The summed E-state index contributed by atoms with van der Waals surface area (Å²) in [5.41, 5.74) is 0.837. The number of nitrogens with one attached hydrogen (secondary N) is 1. The van der Waals surface area contributed by atoms with E-state index in [4.69, 9.17) is 9.47 Å². The number of nitrogens with zero attached hydrogens (tertiary/aromatic N) is 2. The third kappa shape index (κ3) is 4.57. The SMILES string of the molecule is CCOC(=O)CSc1nc(NCCOC)c2ccccc2n1. The third-order valence-corrected chi connectivity index (χ3v) is 3.63. The molecule has 7 heteroatoms. The van der Waals surface area contributed by atoms with Gasteiger partial charge in [0.15, 0.2) is 5.16 Å². The first-order chi connectivity index (χ1) is 10.7. The predicted molar refractivity (Wildman–Crippen MR) is 87.3 cm³/mol. The van der Waals surface area contributed by atoms with Crippen LogP contribution in [0.5, 0.6) is 0 Å². The number of benzene rings is 1. The number of anilines is 1. The molecule has 22 heavy (non-hydrogen) atoms. The van der Waals surface area contributed by atoms with Crippen molar-refractivity contribution >= 4 is 34.5 Å². The molecule has 0 saturated carbocycles. The number of rotatable bonds is 8. The Morgan fingerprint density at radius 1 is 1.32 bits per heavy atom. The number of hydrogen-bond acceptors (Lipinski definition) is 7. The van der Waals surface area contributed by atoms with Crippen molar-refractivity contribution in [2.24, 2.45) is 0 Å². The molecular formula is C15H19N3O3S. The second-order valence-corrected chi connectivity index (χ2v) is 5.33. The first-order valence-electron chi connectivity index (χ1n) is 7.02. The molecule has 0 aliphatic rings. The molecule has 118 valence electrons. The van der Waals surface area contributed by atoms with Crippen LogP contribution >= 0.6 is 11.8 Å². The van der Waals surface area contributed by atoms with Crippen molar-refractivity contribution in [2.45, 2.75) is 12.1 Å². The van der Waals surface area contributed by atoms with Crippen molar-refractivity contribution < 1.29 is 14.3 Å². The maximum absolute atomic E-state index is 11.4. The van der Waals surface area contributed by atoms with Crippen LogP contribution < -0.4 is 5.32 Å². The van der Waals surface area contributed by atoms with Gasteiger partial charge in [0.05, 0.1) is 24.5 Å². The van der Waals surface area contributed by atoms with Crippen LogP contribution in [-0.2, 0) is 14.3 Å². The van der Waals surface area contributed by atoms with Gasteiger partial charge in [0, 0.05) is 19.0 Å². The number of hydrogen-bond donors (Lipinski definition) is 1. The number of carbonyl (C=O) groups excluding carboxylic acids is 1. The molecule has 6 nitrogen and oxygen atoms in total. The Bertz CT molecular complexity index is 636. The summed E-state index contributed by atoms with van der Waals surface area (Å²) in [5.74, 6) is 0.677. The highest BCUT2D eigenvalue weighted by Gasteiger charge is 2.10. The van der Waals surface area contributed by atoms with Crippen LogP contribution in [0.15, 0.2) is 29.4 Å². The minimum atomic E-state index is -0.266. The fraction of sp³-hybridized carbons (Fsp3) is 0.400. The Hall–Kier alpha value is -1.86. The summed E-state index contributed by atoms with van der Waals surface area (Å²) in [5, 5.41) is 4.73. The lowest BCUT2D eigenvalue weighted by Gasteiger charge is -2.10. The lowest BCUT2D eigenvalue weighted by molar-refractivity contribution is -0.139. The van der Waals surface area contributed by atoms with E-state index in [2.05, 4.69) is 15.3 Å². The number of fused-ring (bicyclic) bond motifs is 1. The van der Waals surface area contributed by atoms with Crippen LogP contribution in [0.25, 0.3) is 10.9 Å². The van der Waals surface area contributed by atoms with E-state index >= 15 is 0 Å². The van der Waals surface area contributed by atoms with Crippen molar-refractivity contribution in [2.75, 3.05) is 37.9 Å². The van der Waals surface area contributed by atoms with Gasteiger partial charge >= 0.3 is 5.97 Å². The van der Waals surface area contributed by atoms with Gasteiger partial charge in [0.2, 0.25) is 0 Å². The standard InChI is InChI=1S/C15H19N3O3S/c1-3-21-13(19)10-22-15-17-12-7-5-4-6-11(12)14(18-15)16-8-9-20-2/h4-7H,3,8-10H2,1-2H3,(H,16,17,18). The normalized spacial score (nSPS) is 10.6. The summed E-state index contributed by atoms with van der Waals surface area (Å²) >= 11 is 1.27. The molecule has 0 atom stereocenters. The quantitative estimate of drug-likeness (QED) is 0.346. The first kappa shape index (κ1) is 16.5. The Morgan fingerprint density at radius 3 is 2.91 bits per heavy atom. The highest BCUT2D eigenvalue weighted by Crippen LogP contribution is 2.24. The zero-order chi connectivity index (χ0) is 15.8. The molecule has 0 fully saturated rings. The average molecular weight is 321 g/mol. The Labute approximate surface area is 133 Å². The lowest BCUT2D eigenvalue weighted by Crippen LogP contribution is -2.11. The molecule has 0 amide bonds. The van der Waals surface area contributed by atoms with Gasteiger partial charge in [-0.3, -0.25) is 4.79 Å². The minimum Gasteiger partial charge on any atom is -0.465 e. The Morgan fingerprint density at radius 2 is 2.14 bits per heavy atom. The zero-order valence-corrected chi connectivity index (χ0v) is 13.5. The van der Waals surface area contributed by atoms with Crippen LogP contribution in [0, 0.1) is 0 Å². The monoisotopic (exact) mass is 321 g/mol. The van der Waals surface area contributed by atoms with E-state index in [-0.39, 0.29) is 11.7 Å². The van der Waals surface area contributed by atoms with Gasteiger partial charge in [-0.25, -0.2) is 9.97 Å². The minimum absolute atomic E-state index is 0.198. The van der Waals surface area contributed by atoms with Gasteiger partial charge in [0.25, 0.3) is 0 Å². The smallest absolute Gasteiger partial charge is 0.316 e. The highest BCUT2D eigenvalue weighted by molar-refractivity contribution is 7.99. The van der Waals surface area contributed by atoms with Gasteiger partial charge in [-0.2, -0.15) is 0 Å². The number of ether oxygens (including phenoxy) is 2. The molecule has 0 aliphatic heterocycles. The summed E-state index contributed by atoms with van der Waals surface area (Å²) in [4.78, 5) is 20.4. The van der Waals surface area contributed by atoms with Gasteiger partial charge in [-0.15, -0.1) is 0 Å². The van der Waals surface area contributed by atoms with Crippen molar-refractivity contribution in [1.29, 1.82) is 0 Å². The maximum atomic E-state index is 11.4. The topological polar surface area (TPSA) is 73.3 Å². The summed E-state index contributed by atoms with van der Waals surface area (Å²) in [7, 11) is 1.65. The van der Waals surface area contributed by atoms with E-state index in [0.29, 0.717) is 24.9 Å². The van der Waals surface area contributed by atoms with Crippen molar-refractivity contribution in [3.63, 3.8) is 0 Å². The third-order valence-electron chi connectivity index (χ3n) is 2.81. The van der Waals surface area contributed by atoms with Crippen molar-refractivity contribution in [1.82, 2.24) is 9.97 Å². The summed E-state index contributed by atoms with van der Waals surface area (Å²) in [6, 6.07) is 7.75. The highest BCUT2D eigenvalue weighted by atomic mass is 32.2. The average Bonchev–Trinajstić information content (AvgIpc) is 2.53. The maximum Gasteiger partial charge on any atom is 0.316 e. The molecule has 2 aromatic rings. The molecule has 0 bridgehead atoms.